The average Bonchev–Trinajstić information content (AvgIpc) is 3.19. The van der Waals surface area contributed by atoms with Crippen molar-refractivity contribution in [2.24, 2.45) is 0 Å². The Kier molecular flexibility index (Phi) is 5.00. The molecule has 3 rings (SSSR count). The molecule has 2 fully saturated rings. The van der Waals surface area contributed by atoms with E-state index < -0.39 is 0 Å². The fourth-order valence-electron chi connectivity index (χ4n) is 3.44. The second kappa shape index (κ2) is 6.98. The number of amides is 2. The SMILES string of the molecule is CCO[C@@H]1C[C@@H](NC(=O)NCCc2cccs2)[C@]12CCCO2. The summed E-state index contributed by atoms with van der Waals surface area (Å²) in [6, 6.07) is 4.08. The van der Waals surface area contributed by atoms with Crippen LogP contribution >= 0.6 is 11.3 Å². The Bertz CT molecular complexity index is 486. The Morgan fingerprint density at radius 3 is 3.18 bits per heavy atom. The summed E-state index contributed by atoms with van der Waals surface area (Å²) < 4.78 is 11.7. The van der Waals surface area contributed by atoms with Crippen LogP contribution in [0.1, 0.15) is 31.1 Å². The summed E-state index contributed by atoms with van der Waals surface area (Å²) in [5.41, 5.74) is -0.291. The quantitative estimate of drug-likeness (QED) is 0.844. The lowest BCUT2D eigenvalue weighted by molar-refractivity contribution is -0.194. The first-order valence-electron chi connectivity index (χ1n) is 8.07. The number of rotatable bonds is 6. The molecule has 1 saturated heterocycles. The van der Waals surface area contributed by atoms with Crippen LogP contribution in [0.25, 0.3) is 0 Å². The summed E-state index contributed by atoms with van der Waals surface area (Å²) >= 11 is 1.72. The topological polar surface area (TPSA) is 59.6 Å². The summed E-state index contributed by atoms with van der Waals surface area (Å²) in [5.74, 6) is 0. The van der Waals surface area contributed by atoms with Gasteiger partial charge in [0.15, 0.2) is 0 Å². The van der Waals surface area contributed by atoms with Gasteiger partial charge in [0.2, 0.25) is 0 Å². The molecule has 0 radical (unpaired) electrons. The molecule has 1 aromatic heterocycles. The summed E-state index contributed by atoms with van der Waals surface area (Å²) in [4.78, 5) is 13.4. The minimum absolute atomic E-state index is 0.0632. The maximum atomic E-state index is 12.1. The summed E-state index contributed by atoms with van der Waals surface area (Å²) in [6.07, 6.45) is 3.85. The van der Waals surface area contributed by atoms with E-state index in [0.717, 1.165) is 32.3 Å². The largest absolute Gasteiger partial charge is 0.375 e. The lowest BCUT2D eigenvalue weighted by atomic mass is 9.70. The van der Waals surface area contributed by atoms with Gasteiger partial charge in [0.25, 0.3) is 0 Å². The number of ether oxygens (including phenoxy) is 2. The van der Waals surface area contributed by atoms with E-state index in [9.17, 15) is 4.79 Å². The van der Waals surface area contributed by atoms with E-state index in [4.69, 9.17) is 9.47 Å². The van der Waals surface area contributed by atoms with E-state index in [1.807, 2.05) is 13.0 Å². The van der Waals surface area contributed by atoms with Crippen LogP contribution in [0.2, 0.25) is 0 Å². The number of nitrogens with one attached hydrogen (secondary N) is 2. The molecule has 2 N–H and O–H groups in total. The third-order valence-electron chi connectivity index (χ3n) is 4.58. The molecule has 0 unspecified atom stereocenters. The molecule has 2 amide bonds. The van der Waals surface area contributed by atoms with E-state index in [0.29, 0.717) is 13.2 Å². The standard InChI is InChI=1S/C16H24N2O3S/c1-2-20-14-11-13(16(14)7-4-9-21-16)18-15(19)17-8-6-12-5-3-10-22-12/h3,5,10,13-14H,2,4,6-9,11H2,1H3,(H2,17,18,19)/t13-,14-,16-/m1/s1. The van der Waals surface area contributed by atoms with Gasteiger partial charge in [-0.2, -0.15) is 0 Å². The second-order valence-electron chi connectivity index (χ2n) is 5.87. The van der Waals surface area contributed by atoms with Crippen molar-refractivity contribution in [3.63, 3.8) is 0 Å². The van der Waals surface area contributed by atoms with Gasteiger partial charge in [-0.25, -0.2) is 4.79 Å². The van der Waals surface area contributed by atoms with Gasteiger partial charge in [-0.15, -0.1) is 11.3 Å². The van der Waals surface area contributed by atoms with E-state index in [-0.39, 0.29) is 23.8 Å². The van der Waals surface area contributed by atoms with Crippen LogP contribution in [-0.2, 0) is 15.9 Å². The molecular formula is C16H24N2O3S. The van der Waals surface area contributed by atoms with Crippen LogP contribution in [0, 0.1) is 0 Å². The first-order valence-corrected chi connectivity index (χ1v) is 8.95. The average molecular weight is 324 g/mol. The number of carbonyl (C=O) groups excluding carboxylic acids is 1. The predicted octanol–water partition coefficient (Wildman–Crippen LogP) is 2.32. The lowest BCUT2D eigenvalue weighted by Gasteiger charge is -2.52. The number of hydrogen-bond acceptors (Lipinski definition) is 4. The third kappa shape index (κ3) is 3.14. The Hall–Kier alpha value is -1.11. The van der Waals surface area contributed by atoms with Crippen LogP contribution < -0.4 is 10.6 Å². The van der Waals surface area contributed by atoms with Gasteiger partial charge in [-0.05, 0) is 44.1 Å². The number of hydrogen-bond donors (Lipinski definition) is 2. The highest BCUT2D eigenvalue weighted by Crippen LogP contribution is 2.45. The molecule has 2 heterocycles. The zero-order valence-corrected chi connectivity index (χ0v) is 13.8. The molecular weight excluding hydrogens is 300 g/mol. The van der Waals surface area contributed by atoms with Crippen LogP contribution in [-0.4, -0.2) is 43.5 Å². The lowest BCUT2D eigenvalue weighted by Crippen LogP contribution is -2.70. The van der Waals surface area contributed by atoms with Crippen molar-refractivity contribution in [1.82, 2.24) is 10.6 Å². The number of urea groups is 1. The second-order valence-corrected chi connectivity index (χ2v) is 6.90. The smallest absolute Gasteiger partial charge is 0.315 e. The van der Waals surface area contributed by atoms with E-state index in [2.05, 4.69) is 22.1 Å². The minimum Gasteiger partial charge on any atom is -0.375 e. The van der Waals surface area contributed by atoms with Crippen LogP contribution in [0.5, 0.6) is 0 Å². The predicted molar refractivity (Wildman–Crippen MR) is 86.3 cm³/mol. The molecule has 0 bridgehead atoms. The Balaban J connectivity index is 1.45. The molecule has 0 aromatic carbocycles. The molecule has 1 spiro atoms. The Morgan fingerprint density at radius 1 is 1.59 bits per heavy atom. The van der Waals surface area contributed by atoms with Crippen LogP contribution in [0.15, 0.2) is 17.5 Å². The molecule has 1 saturated carbocycles. The van der Waals surface area contributed by atoms with Gasteiger partial charge in [-0.1, -0.05) is 6.07 Å². The summed E-state index contributed by atoms with van der Waals surface area (Å²) in [6.45, 7) is 4.11. The number of thiophene rings is 1. The van der Waals surface area contributed by atoms with E-state index >= 15 is 0 Å². The Labute approximate surface area is 135 Å². The van der Waals surface area contributed by atoms with Gasteiger partial charge in [-0.3, -0.25) is 0 Å². The minimum atomic E-state index is -0.291. The normalized spacial score (nSPS) is 30.2. The first-order chi connectivity index (χ1) is 10.7. The van der Waals surface area contributed by atoms with Crippen LogP contribution in [0.3, 0.4) is 0 Å². The first kappa shape index (κ1) is 15.8. The van der Waals surface area contributed by atoms with Crippen molar-refractivity contribution in [1.29, 1.82) is 0 Å². The molecule has 1 aromatic rings. The van der Waals surface area contributed by atoms with E-state index in [1.54, 1.807) is 11.3 Å². The van der Waals surface area contributed by atoms with Crippen molar-refractivity contribution in [3.8, 4) is 0 Å². The van der Waals surface area contributed by atoms with Crippen LogP contribution in [0.4, 0.5) is 4.79 Å². The van der Waals surface area contributed by atoms with Gasteiger partial charge < -0.3 is 20.1 Å². The van der Waals surface area contributed by atoms with Crippen molar-refractivity contribution in [2.45, 2.75) is 50.4 Å². The van der Waals surface area contributed by atoms with E-state index in [1.165, 1.54) is 4.88 Å². The monoisotopic (exact) mass is 324 g/mol. The molecule has 3 atom stereocenters. The van der Waals surface area contributed by atoms with Crippen molar-refractivity contribution in [2.75, 3.05) is 19.8 Å². The zero-order chi connectivity index (χ0) is 15.4. The summed E-state index contributed by atoms with van der Waals surface area (Å²) in [7, 11) is 0. The molecule has 1 aliphatic carbocycles. The van der Waals surface area contributed by atoms with Gasteiger partial charge in [0.1, 0.15) is 5.60 Å². The molecule has 122 valence electrons. The van der Waals surface area contributed by atoms with Crippen molar-refractivity contribution < 1.29 is 14.3 Å². The third-order valence-corrected chi connectivity index (χ3v) is 5.51. The van der Waals surface area contributed by atoms with Crippen molar-refractivity contribution >= 4 is 17.4 Å². The molecule has 2 aliphatic rings. The van der Waals surface area contributed by atoms with Gasteiger partial charge in [0.05, 0.1) is 12.1 Å². The number of carbonyl (C=O) groups is 1. The maximum absolute atomic E-state index is 12.1. The highest BCUT2D eigenvalue weighted by Gasteiger charge is 2.59. The molecule has 5 nitrogen and oxygen atoms in total. The summed E-state index contributed by atoms with van der Waals surface area (Å²) in [5, 5.41) is 8.05. The zero-order valence-electron chi connectivity index (χ0n) is 13.0. The molecule has 1 aliphatic heterocycles. The molecule has 22 heavy (non-hydrogen) atoms. The highest BCUT2D eigenvalue weighted by atomic mass is 32.1. The van der Waals surface area contributed by atoms with Crippen molar-refractivity contribution in [3.05, 3.63) is 22.4 Å². The molecule has 6 heteroatoms. The fraction of sp³-hybridized carbons (Fsp3) is 0.688. The van der Waals surface area contributed by atoms with Gasteiger partial charge in [0, 0.05) is 24.6 Å². The maximum Gasteiger partial charge on any atom is 0.315 e. The van der Waals surface area contributed by atoms with Gasteiger partial charge >= 0.3 is 6.03 Å². The fourth-order valence-corrected chi connectivity index (χ4v) is 4.15. The Morgan fingerprint density at radius 2 is 2.50 bits per heavy atom. The highest BCUT2D eigenvalue weighted by molar-refractivity contribution is 7.09.